The van der Waals surface area contributed by atoms with Gasteiger partial charge in [-0.1, -0.05) is 36.8 Å². The van der Waals surface area contributed by atoms with E-state index in [0.717, 1.165) is 44.1 Å². The average Bonchev–Trinajstić information content (AvgIpc) is 2.63. The molecule has 4 bridgehead atoms. The number of ether oxygens (including phenoxy) is 1. The Morgan fingerprint density at radius 2 is 1.82 bits per heavy atom. The molecule has 152 valence electrons. The number of nitrogens with one attached hydrogen (secondary N) is 1. The number of carbonyl (C=O) groups is 2. The van der Waals surface area contributed by atoms with Crippen LogP contribution >= 0.6 is 0 Å². The van der Waals surface area contributed by atoms with Crippen molar-refractivity contribution in [1.82, 2.24) is 5.32 Å². The third kappa shape index (κ3) is 3.69. The van der Waals surface area contributed by atoms with Crippen LogP contribution in [0.5, 0.6) is 0 Å². The van der Waals surface area contributed by atoms with Crippen LogP contribution in [-0.2, 0) is 14.3 Å². The first-order valence-corrected chi connectivity index (χ1v) is 10.6. The Balaban J connectivity index is 1.34. The minimum absolute atomic E-state index is 0.0907. The van der Waals surface area contributed by atoms with Crippen LogP contribution < -0.4 is 5.32 Å². The number of aliphatic hydroxyl groups is 1. The predicted molar refractivity (Wildman–Crippen MR) is 105 cm³/mol. The molecule has 1 amide bonds. The Morgan fingerprint density at radius 3 is 2.39 bits per heavy atom. The highest BCUT2D eigenvalue weighted by Crippen LogP contribution is 2.61. The summed E-state index contributed by atoms with van der Waals surface area (Å²) in [5, 5.41) is 13.8. The third-order valence-corrected chi connectivity index (χ3v) is 7.02. The number of carbonyl (C=O) groups excluding carboxylic acids is 2. The van der Waals surface area contributed by atoms with E-state index in [9.17, 15) is 14.7 Å². The highest BCUT2D eigenvalue weighted by atomic mass is 16.5. The lowest BCUT2D eigenvalue weighted by atomic mass is 9.48. The highest BCUT2D eigenvalue weighted by Gasteiger charge is 2.60. The topological polar surface area (TPSA) is 75.6 Å². The van der Waals surface area contributed by atoms with Gasteiger partial charge < -0.3 is 15.2 Å². The molecule has 4 aliphatic carbocycles. The van der Waals surface area contributed by atoms with Crippen LogP contribution in [0.1, 0.15) is 69.0 Å². The average molecular weight is 386 g/mol. The first-order valence-electron chi connectivity index (χ1n) is 10.6. The summed E-state index contributed by atoms with van der Waals surface area (Å²) in [5.74, 6) is 0.264. The Hall–Kier alpha value is -1.88. The number of benzene rings is 1. The SMILES string of the molecule is CC[C@H](NC(=O)COC(=O)C12C[C@@H]3C[C@@H](CC(O)(C3)C1)C2)c1ccc(C)cc1. The maximum atomic E-state index is 12.9. The molecular formula is C23H31NO4. The normalized spacial score (nSPS) is 34.1. The second-order valence-electron chi connectivity index (χ2n) is 9.48. The van der Waals surface area contributed by atoms with E-state index in [4.69, 9.17) is 4.74 Å². The molecule has 5 atom stereocenters. The summed E-state index contributed by atoms with van der Waals surface area (Å²) in [4.78, 5) is 25.3. The molecule has 1 aromatic rings. The van der Waals surface area contributed by atoms with Crippen LogP contribution in [-0.4, -0.2) is 29.2 Å². The smallest absolute Gasteiger partial charge is 0.312 e. The molecular weight excluding hydrogens is 354 g/mol. The van der Waals surface area contributed by atoms with E-state index in [1.165, 1.54) is 5.56 Å². The molecule has 1 aromatic carbocycles. The standard InChI is InChI=1S/C23H31NO4/c1-3-19(18-6-4-15(2)5-7-18)24-20(25)13-28-21(26)22-9-16-8-17(10-22)12-23(27,11-16)14-22/h4-7,16-17,19,27H,3,8-14H2,1-2H3,(H,24,25)/t16-,17+,19-,22?,23?/m0/s1. The number of hydrogen-bond acceptors (Lipinski definition) is 4. The van der Waals surface area contributed by atoms with E-state index < -0.39 is 11.0 Å². The highest BCUT2D eigenvalue weighted by molar-refractivity contribution is 5.83. The second kappa shape index (κ2) is 7.18. The summed E-state index contributed by atoms with van der Waals surface area (Å²) in [6.07, 6.45) is 5.60. The van der Waals surface area contributed by atoms with E-state index in [1.807, 2.05) is 38.1 Å². The lowest BCUT2D eigenvalue weighted by Gasteiger charge is -2.58. The van der Waals surface area contributed by atoms with Gasteiger partial charge in [-0.15, -0.1) is 0 Å². The zero-order valence-corrected chi connectivity index (χ0v) is 16.9. The van der Waals surface area contributed by atoms with Crippen molar-refractivity contribution in [2.24, 2.45) is 17.3 Å². The molecule has 4 fully saturated rings. The van der Waals surface area contributed by atoms with Crippen LogP contribution in [0.4, 0.5) is 0 Å². The van der Waals surface area contributed by atoms with Crippen molar-refractivity contribution in [1.29, 1.82) is 0 Å². The van der Waals surface area contributed by atoms with Gasteiger partial charge >= 0.3 is 5.97 Å². The van der Waals surface area contributed by atoms with Gasteiger partial charge in [0.05, 0.1) is 17.1 Å². The van der Waals surface area contributed by atoms with Gasteiger partial charge in [-0.05, 0) is 69.3 Å². The van der Waals surface area contributed by atoms with Gasteiger partial charge in [-0.25, -0.2) is 0 Å². The molecule has 0 radical (unpaired) electrons. The zero-order chi connectivity index (χ0) is 19.9. The number of aryl methyl sites for hydroxylation is 1. The van der Waals surface area contributed by atoms with Crippen LogP contribution in [0, 0.1) is 24.2 Å². The molecule has 5 rings (SSSR count). The van der Waals surface area contributed by atoms with Crippen molar-refractivity contribution in [2.45, 2.75) is 70.4 Å². The van der Waals surface area contributed by atoms with Crippen molar-refractivity contribution < 1.29 is 19.4 Å². The molecule has 4 aliphatic rings. The summed E-state index contributed by atoms with van der Waals surface area (Å²) >= 11 is 0. The van der Waals surface area contributed by atoms with E-state index in [-0.39, 0.29) is 24.5 Å². The fourth-order valence-electron chi connectivity index (χ4n) is 6.19. The number of rotatable bonds is 6. The van der Waals surface area contributed by atoms with Crippen molar-refractivity contribution in [3.63, 3.8) is 0 Å². The Morgan fingerprint density at radius 1 is 1.18 bits per heavy atom. The Kier molecular flexibility index (Phi) is 4.98. The zero-order valence-electron chi connectivity index (χ0n) is 16.9. The molecule has 4 saturated carbocycles. The fraction of sp³-hybridized carbons (Fsp3) is 0.652. The molecule has 2 N–H and O–H groups in total. The fourth-order valence-corrected chi connectivity index (χ4v) is 6.19. The van der Waals surface area contributed by atoms with Crippen molar-refractivity contribution in [2.75, 3.05) is 6.61 Å². The van der Waals surface area contributed by atoms with Crippen LogP contribution in [0.15, 0.2) is 24.3 Å². The van der Waals surface area contributed by atoms with E-state index in [2.05, 4.69) is 5.32 Å². The van der Waals surface area contributed by atoms with E-state index in [1.54, 1.807) is 0 Å². The molecule has 28 heavy (non-hydrogen) atoms. The summed E-state index contributed by atoms with van der Waals surface area (Å²) in [6.45, 7) is 3.80. The van der Waals surface area contributed by atoms with Gasteiger partial charge in [-0.2, -0.15) is 0 Å². The van der Waals surface area contributed by atoms with Crippen LogP contribution in [0.3, 0.4) is 0 Å². The van der Waals surface area contributed by atoms with Crippen molar-refractivity contribution in [3.8, 4) is 0 Å². The Labute approximate surface area is 166 Å². The van der Waals surface area contributed by atoms with Crippen molar-refractivity contribution in [3.05, 3.63) is 35.4 Å². The number of hydrogen-bond donors (Lipinski definition) is 2. The van der Waals surface area contributed by atoms with Gasteiger partial charge in [-0.3, -0.25) is 9.59 Å². The minimum Gasteiger partial charge on any atom is -0.455 e. The summed E-state index contributed by atoms with van der Waals surface area (Å²) in [5.41, 5.74) is 0.941. The maximum Gasteiger partial charge on any atom is 0.312 e. The second-order valence-corrected chi connectivity index (χ2v) is 9.48. The summed E-state index contributed by atoms with van der Waals surface area (Å²) in [7, 11) is 0. The third-order valence-electron chi connectivity index (χ3n) is 7.02. The van der Waals surface area contributed by atoms with Gasteiger partial charge in [0, 0.05) is 0 Å². The molecule has 5 heteroatoms. The molecule has 0 heterocycles. The lowest BCUT2D eigenvalue weighted by Crippen LogP contribution is -2.58. The maximum absolute atomic E-state index is 12.9. The first kappa shape index (κ1) is 19.4. The number of amides is 1. The molecule has 0 aromatic heterocycles. The lowest BCUT2D eigenvalue weighted by molar-refractivity contribution is -0.196. The summed E-state index contributed by atoms with van der Waals surface area (Å²) in [6, 6.07) is 8.01. The monoisotopic (exact) mass is 385 g/mol. The summed E-state index contributed by atoms with van der Waals surface area (Å²) < 4.78 is 5.47. The quantitative estimate of drug-likeness (QED) is 0.736. The van der Waals surface area contributed by atoms with Crippen molar-refractivity contribution >= 4 is 11.9 Å². The molecule has 0 saturated heterocycles. The van der Waals surface area contributed by atoms with Gasteiger partial charge in [0.25, 0.3) is 5.91 Å². The largest absolute Gasteiger partial charge is 0.455 e. The van der Waals surface area contributed by atoms with E-state index in [0.29, 0.717) is 18.3 Å². The molecule has 5 nitrogen and oxygen atoms in total. The number of esters is 1. The Bertz CT molecular complexity index is 742. The van der Waals surface area contributed by atoms with Gasteiger partial charge in [0.15, 0.2) is 6.61 Å². The van der Waals surface area contributed by atoms with Gasteiger partial charge in [0.1, 0.15) is 0 Å². The van der Waals surface area contributed by atoms with Crippen LogP contribution in [0.25, 0.3) is 0 Å². The molecule has 0 spiro atoms. The first-order chi connectivity index (χ1) is 13.3. The van der Waals surface area contributed by atoms with Crippen LogP contribution in [0.2, 0.25) is 0 Å². The van der Waals surface area contributed by atoms with E-state index >= 15 is 0 Å². The molecule has 2 unspecified atom stereocenters. The predicted octanol–water partition coefficient (Wildman–Crippen LogP) is 3.44. The molecule has 0 aliphatic heterocycles. The van der Waals surface area contributed by atoms with Gasteiger partial charge in [0.2, 0.25) is 0 Å². The minimum atomic E-state index is -0.704.